The maximum absolute atomic E-state index is 5.83. The predicted molar refractivity (Wildman–Crippen MR) is 79.9 cm³/mol. The fourth-order valence-corrected chi connectivity index (χ4v) is 4.16. The average molecular weight is 277 g/mol. The van der Waals surface area contributed by atoms with Gasteiger partial charge in [-0.05, 0) is 57.1 Å². The Bertz CT molecular complexity index is 429. The van der Waals surface area contributed by atoms with Crippen LogP contribution in [0.5, 0.6) is 0 Å². The molecular formula is C15H27N5. The number of nitrogens with zero attached hydrogens (tertiary/aromatic N) is 3. The highest BCUT2D eigenvalue weighted by molar-refractivity contribution is 5.05. The van der Waals surface area contributed by atoms with Crippen molar-refractivity contribution in [1.82, 2.24) is 20.1 Å². The topological polar surface area (TPSA) is 59.1 Å². The zero-order chi connectivity index (χ0) is 14.1. The van der Waals surface area contributed by atoms with Crippen molar-refractivity contribution >= 4 is 0 Å². The molecule has 20 heavy (non-hydrogen) atoms. The molecular weight excluding hydrogens is 250 g/mol. The Morgan fingerprint density at radius 1 is 1.35 bits per heavy atom. The van der Waals surface area contributed by atoms with Crippen molar-refractivity contribution in [1.29, 1.82) is 0 Å². The molecule has 0 spiro atoms. The van der Waals surface area contributed by atoms with Crippen molar-refractivity contribution in [3.05, 3.63) is 18.0 Å². The maximum Gasteiger partial charge on any atom is 0.0521 e. The third kappa shape index (κ3) is 2.75. The highest BCUT2D eigenvalue weighted by Crippen LogP contribution is 2.39. The Balaban J connectivity index is 1.57. The summed E-state index contributed by atoms with van der Waals surface area (Å²) in [7, 11) is 4.26. The van der Waals surface area contributed by atoms with Gasteiger partial charge in [0.1, 0.15) is 0 Å². The van der Waals surface area contributed by atoms with Crippen LogP contribution in [0.2, 0.25) is 0 Å². The average Bonchev–Trinajstić information content (AvgIpc) is 2.91. The molecule has 3 N–H and O–H groups in total. The molecule has 2 bridgehead atoms. The third-order valence-corrected chi connectivity index (χ3v) is 5.42. The first-order valence-electron chi connectivity index (χ1n) is 7.83. The minimum absolute atomic E-state index is 0.437. The monoisotopic (exact) mass is 277 g/mol. The van der Waals surface area contributed by atoms with Gasteiger partial charge < -0.3 is 4.90 Å². The summed E-state index contributed by atoms with van der Waals surface area (Å²) in [4.78, 5) is 2.59. The van der Waals surface area contributed by atoms with Crippen LogP contribution in [0, 0.1) is 5.92 Å². The molecule has 0 aromatic carbocycles. The van der Waals surface area contributed by atoms with Crippen LogP contribution in [0.4, 0.5) is 0 Å². The van der Waals surface area contributed by atoms with Crippen LogP contribution in [0.1, 0.15) is 37.7 Å². The summed E-state index contributed by atoms with van der Waals surface area (Å²) in [5, 5.41) is 4.24. The molecule has 3 rings (SSSR count). The zero-order valence-electron chi connectivity index (χ0n) is 12.6. The number of aromatic nitrogens is 2. The summed E-state index contributed by atoms with van der Waals surface area (Å²) < 4.78 is 1.87. The number of fused-ring (bicyclic) bond motifs is 2. The smallest absolute Gasteiger partial charge is 0.0521 e. The normalized spacial score (nSPS) is 31.6. The fraction of sp³-hybridized carbons (Fsp3) is 0.800. The van der Waals surface area contributed by atoms with E-state index in [0.29, 0.717) is 6.04 Å². The summed E-state index contributed by atoms with van der Waals surface area (Å²) >= 11 is 0. The molecule has 2 aliphatic rings. The molecule has 0 radical (unpaired) electrons. The molecule has 3 atom stereocenters. The summed E-state index contributed by atoms with van der Waals surface area (Å²) in [5.41, 5.74) is 4.40. The van der Waals surface area contributed by atoms with Crippen LogP contribution in [-0.4, -0.2) is 39.9 Å². The van der Waals surface area contributed by atoms with E-state index >= 15 is 0 Å². The van der Waals surface area contributed by atoms with E-state index < -0.39 is 0 Å². The molecule has 112 valence electrons. The molecule has 0 amide bonds. The van der Waals surface area contributed by atoms with Crippen molar-refractivity contribution in [2.24, 2.45) is 18.8 Å². The van der Waals surface area contributed by atoms with E-state index in [0.717, 1.165) is 30.8 Å². The molecule has 0 saturated carbocycles. The number of piperidine rings is 1. The van der Waals surface area contributed by atoms with Gasteiger partial charge in [0.05, 0.1) is 6.20 Å². The number of nitrogens with one attached hydrogen (secondary N) is 1. The van der Waals surface area contributed by atoms with Crippen molar-refractivity contribution < 1.29 is 0 Å². The van der Waals surface area contributed by atoms with Crippen LogP contribution >= 0.6 is 0 Å². The van der Waals surface area contributed by atoms with Crippen LogP contribution in [0.15, 0.2) is 12.4 Å². The van der Waals surface area contributed by atoms with Gasteiger partial charge in [-0.15, -0.1) is 0 Å². The molecule has 5 nitrogen and oxygen atoms in total. The SMILES string of the molecule is CN1C2CCC1CC(C(CCc1cnn(C)c1)NN)C2. The summed E-state index contributed by atoms with van der Waals surface area (Å²) in [6.45, 7) is 0. The van der Waals surface area contributed by atoms with Crippen molar-refractivity contribution in [3.8, 4) is 0 Å². The lowest BCUT2D eigenvalue weighted by molar-refractivity contribution is 0.110. The molecule has 3 heterocycles. The number of hydrogen-bond donors (Lipinski definition) is 2. The summed E-state index contributed by atoms with van der Waals surface area (Å²) in [6, 6.07) is 2.01. The summed E-state index contributed by atoms with van der Waals surface area (Å²) in [6.07, 6.45) is 11.6. The van der Waals surface area contributed by atoms with Crippen molar-refractivity contribution in [3.63, 3.8) is 0 Å². The van der Waals surface area contributed by atoms with Gasteiger partial charge >= 0.3 is 0 Å². The molecule has 1 aromatic rings. The second-order valence-corrected chi connectivity index (χ2v) is 6.62. The van der Waals surface area contributed by atoms with E-state index in [1.54, 1.807) is 0 Å². The Hall–Kier alpha value is -0.910. The van der Waals surface area contributed by atoms with Crippen molar-refractivity contribution in [2.75, 3.05) is 7.05 Å². The lowest BCUT2D eigenvalue weighted by atomic mass is 9.83. The lowest BCUT2D eigenvalue weighted by Gasteiger charge is -2.39. The highest BCUT2D eigenvalue weighted by Gasteiger charge is 2.40. The van der Waals surface area contributed by atoms with E-state index in [1.807, 2.05) is 17.9 Å². The van der Waals surface area contributed by atoms with E-state index in [-0.39, 0.29) is 0 Å². The Morgan fingerprint density at radius 3 is 2.60 bits per heavy atom. The van der Waals surface area contributed by atoms with Crippen LogP contribution in [0.25, 0.3) is 0 Å². The molecule has 5 heteroatoms. The van der Waals surface area contributed by atoms with Crippen LogP contribution in [-0.2, 0) is 13.5 Å². The number of hydrogen-bond acceptors (Lipinski definition) is 4. The Kier molecular flexibility index (Phi) is 4.10. The zero-order valence-corrected chi connectivity index (χ0v) is 12.6. The highest BCUT2D eigenvalue weighted by atomic mass is 15.3. The van der Waals surface area contributed by atoms with Gasteiger partial charge in [-0.1, -0.05) is 0 Å². The minimum atomic E-state index is 0.437. The van der Waals surface area contributed by atoms with Crippen molar-refractivity contribution in [2.45, 2.75) is 56.7 Å². The van der Waals surface area contributed by atoms with Crippen LogP contribution in [0.3, 0.4) is 0 Å². The number of nitrogens with two attached hydrogens (primary N) is 1. The van der Waals surface area contributed by atoms with Gasteiger partial charge in [0.25, 0.3) is 0 Å². The first kappa shape index (κ1) is 14.0. The van der Waals surface area contributed by atoms with Gasteiger partial charge in [0, 0.05) is 31.4 Å². The van der Waals surface area contributed by atoms with Gasteiger partial charge in [0.2, 0.25) is 0 Å². The van der Waals surface area contributed by atoms with E-state index in [1.165, 1.54) is 31.2 Å². The van der Waals surface area contributed by atoms with E-state index in [4.69, 9.17) is 5.84 Å². The molecule has 0 aliphatic carbocycles. The lowest BCUT2D eigenvalue weighted by Crippen LogP contribution is -2.49. The first-order chi connectivity index (χ1) is 9.67. The number of hydrazine groups is 1. The largest absolute Gasteiger partial charge is 0.300 e. The number of aryl methyl sites for hydroxylation is 2. The standard InChI is InChI=1S/C15H27N5/c1-19-10-11(9-17-19)3-6-15(18-16)12-7-13-4-5-14(8-12)20(13)2/h9-10,12-15,18H,3-8,16H2,1-2H3. The molecule has 2 aliphatic heterocycles. The second kappa shape index (κ2) is 5.84. The van der Waals surface area contributed by atoms with Gasteiger partial charge in [0.15, 0.2) is 0 Å². The molecule has 2 fully saturated rings. The maximum atomic E-state index is 5.83. The fourth-order valence-electron chi connectivity index (χ4n) is 4.16. The predicted octanol–water partition coefficient (Wildman–Crippen LogP) is 1.06. The quantitative estimate of drug-likeness (QED) is 0.624. The minimum Gasteiger partial charge on any atom is -0.300 e. The molecule has 3 unspecified atom stereocenters. The summed E-state index contributed by atoms with van der Waals surface area (Å²) in [5.74, 6) is 6.56. The van der Waals surface area contributed by atoms with Gasteiger partial charge in [-0.3, -0.25) is 16.0 Å². The second-order valence-electron chi connectivity index (χ2n) is 6.62. The Labute approximate surface area is 121 Å². The molecule has 2 saturated heterocycles. The van der Waals surface area contributed by atoms with Crippen LogP contribution < -0.4 is 11.3 Å². The van der Waals surface area contributed by atoms with Gasteiger partial charge in [-0.25, -0.2) is 0 Å². The van der Waals surface area contributed by atoms with E-state index in [2.05, 4.69) is 28.7 Å². The first-order valence-corrected chi connectivity index (χ1v) is 7.83. The third-order valence-electron chi connectivity index (χ3n) is 5.42. The Morgan fingerprint density at radius 2 is 2.05 bits per heavy atom. The van der Waals surface area contributed by atoms with E-state index in [9.17, 15) is 0 Å². The van der Waals surface area contributed by atoms with Gasteiger partial charge in [-0.2, -0.15) is 5.10 Å². The number of rotatable bonds is 5. The molecule has 1 aromatic heterocycles.